The SMILES string of the molecule is C=CCC1(C(=O)OCC)CN(S(=O)(=O)c2ccns2)CCO1. The highest BCUT2D eigenvalue weighted by molar-refractivity contribution is 7.91. The first-order chi connectivity index (χ1) is 10.5. The van der Waals surface area contributed by atoms with E-state index >= 15 is 0 Å². The second-order valence-electron chi connectivity index (χ2n) is 4.73. The number of esters is 1. The summed E-state index contributed by atoms with van der Waals surface area (Å²) < 4.78 is 41.0. The van der Waals surface area contributed by atoms with E-state index in [1.807, 2.05) is 0 Å². The van der Waals surface area contributed by atoms with Crippen molar-refractivity contribution < 1.29 is 22.7 Å². The number of rotatable bonds is 6. The zero-order valence-corrected chi connectivity index (χ0v) is 13.9. The molecular formula is C13H18N2O5S2. The molecule has 9 heteroatoms. The van der Waals surface area contributed by atoms with Crippen molar-refractivity contribution in [2.45, 2.75) is 23.2 Å². The smallest absolute Gasteiger partial charge is 0.340 e. The molecule has 1 saturated heterocycles. The zero-order valence-electron chi connectivity index (χ0n) is 12.2. The highest BCUT2D eigenvalue weighted by atomic mass is 32.2. The van der Waals surface area contributed by atoms with Crippen LogP contribution in [0.3, 0.4) is 0 Å². The molecule has 0 saturated carbocycles. The number of carbonyl (C=O) groups excluding carboxylic acids is 1. The highest BCUT2D eigenvalue weighted by Gasteiger charge is 2.47. The molecule has 1 aromatic rings. The van der Waals surface area contributed by atoms with Gasteiger partial charge in [-0.1, -0.05) is 6.08 Å². The molecule has 2 rings (SSSR count). The van der Waals surface area contributed by atoms with Gasteiger partial charge in [0.15, 0.2) is 9.81 Å². The van der Waals surface area contributed by atoms with Crippen molar-refractivity contribution in [3.05, 3.63) is 24.9 Å². The van der Waals surface area contributed by atoms with Crippen LogP contribution in [0.1, 0.15) is 13.3 Å². The molecule has 2 heterocycles. The van der Waals surface area contributed by atoms with E-state index in [1.54, 1.807) is 6.92 Å². The Morgan fingerprint density at radius 1 is 1.68 bits per heavy atom. The number of sulfonamides is 1. The number of ether oxygens (including phenoxy) is 2. The summed E-state index contributed by atoms with van der Waals surface area (Å²) in [7, 11) is -3.69. The van der Waals surface area contributed by atoms with Gasteiger partial charge in [-0.05, 0) is 24.5 Å². The quantitative estimate of drug-likeness (QED) is 0.565. The van der Waals surface area contributed by atoms with Crippen molar-refractivity contribution in [1.29, 1.82) is 0 Å². The van der Waals surface area contributed by atoms with Crippen LogP contribution in [0, 0.1) is 0 Å². The van der Waals surface area contributed by atoms with E-state index < -0.39 is 21.6 Å². The molecule has 0 spiro atoms. The van der Waals surface area contributed by atoms with Gasteiger partial charge < -0.3 is 9.47 Å². The minimum atomic E-state index is -3.69. The predicted octanol–water partition coefficient (Wildman–Crippen LogP) is 1.04. The molecule has 1 atom stereocenters. The molecule has 0 N–H and O–H groups in total. The molecule has 1 aromatic heterocycles. The summed E-state index contributed by atoms with van der Waals surface area (Å²) in [5, 5.41) is 0. The number of nitrogens with zero attached hydrogens (tertiary/aromatic N) is 2. The maximum Gasteiger partial charge on any atom is 0.340 e. The van der Waals surface area contributed by atoms with E-state index in [2.05, 4.69) is 11.0 Å². The summed E-state index contributed by atoms with van der Waals surface area (Å²) in [5.74, 6) is -0.570. The minimum absolute atomic E-state index is 0.0991. The van der Waals surface area contributed by atoms with Crippen molar-refractivity contribution >= 4 is 27.5 Å². The third-order valence-corrected chi connectivity index (χ3v) is 6.32. The number of carbonyl (C=O) groups is 1. The first-order valence-electron chi connectivity index (χ1n) is 6.79. The van der Waals surface area contributed by atoms with E-state index in [0.29, 0.717) is 0 Å². The van der Waals surface area contributed by atoms with Crippen LogP contribution in [-0.2, 0) is 24.3 Å². The molecule has 22 heavy (non-hydrogen) atoms. The van der Waals surface area contributed by atoms with E-state index in [1.165, 1.54) is 22.6 Å². The van der Waals surface area contributed by atoms with Gasteiger partial charge in [-0.25, -0.2) is 13.2 Å². The van der Waals surface area contributed by atoms with E-state index in [9.17, 15) is 13.2 Å². The molecule has 0 bridgehead atoms. The van der Waals surface area contributed by atoms with E-state index in [-0.39, 0.29) is 36.9 Å². The maximum atomic E-state index is 12.6. The lowest BCUT2D eigenvalue weighted by Gasteiger charge is -2.39. The Hall–Kier alpha value is -1.29. The van der Waals surface area contributed by atoms with Crippen molar-refractivity contribution in [2.24, 2.45) is 0 Å². The Balaban J connectivity index is 2.29. The van der Waals surface area contributed by atoms with Gasteiger partial charge >= 0.3 is 5.97 Å². The largest absolute Gasteiger partial charge is 0.464 e. The molecule has 0 aliphatic carbocycles. The van der Waals surface area contributed by atoms with Crippen molar-refractivity contribution in [2.75, 3.05) is 26.3 Å². The Bertz CT molecular complexity index is 629. The third-order valence-electron chi connectivity index (χ3n) is 3.28. The average Bonchev–Trinajstić information content (AvgIpc) is 3.03. The fraction of sp³-hybridized carbons (Fsp3) is 0.538. The fourth-order valence-electron chi connectivity index (χ4n) is 2.25. The lowest BCUT2D eigenvalue weighted by atomic mass is 9.98. The van der Waals surface area contributed by atoms with Crippen LogP contribution in [-0.4, -0.2) is 55.0 Å². The van der Waals surface area contributed by atoms with Crippen LogP contribution in [0.2, 0.25) is 0 Å². The van der Waals surface area contributed by atoms with Crippen LogP contribution in [0.25, 0.3) is 0 Å². The molecule has 1 fully saturated rings. The summed E-state index contributed by atoms with van der Waals surface area (Å²) >= 11 is 0.899. The Kier molecular flexibility index (Phi) is 5.32. The highest BCUT2D eigenvalue weighted by Crippen LogP contribution is 2.29. The lowest BCUT2D eigenvalue weighted by molar-refractivity contribution is -0.179. The normalized spacial score (nSPS) is 23.1. The van der Waals surface area contributed by atoms with E-state index in [4.69, 9.17) is 9.47 Å². The summed E-state index contributed by atoms with van der Waals surface area (Å²) in [4.78, 5) is 12.2. The summed E-state index contributed by atoms with van der Waals surface area (Å²) in [6.45, 7) is 5.70. The molecule has 122 valence electrons. The van der Waals surface area contributed by atoms with Crippen LogP contribution >= 0.6 is 11.5 Å². The Morgan fingerprint density at radius 2 is 2.45 bits per heavy atom. The van der Waals surface area contributed by atoms with Crippen LogP contribution < -0.4 is 0 Å². The van der Waals surface area contributed by atoms with Gasteiger partial charge in [-0.2, -0.15) is 8.68 Å². The molecular weight excluding hydrogens is 328 g/mol. The van der Waals surface area contributed by atoms with Gasteiger partial charge in [0.2, 0.25) is 0 Å². The standard InChI is InChI=1S/C13H18N2O5S2/c1-3-6-13(12(16)19-4-2)10-15(8-9-20-13)22(17,18)11-5-7-14-21-11/h3,5,7H,1,4,6,8-10H2,2H3. The molecule has 1 aliphatic heterocycles. The number of hydrogen-bond donors (Lipinski definition) is 0. The maximum absolute atomic E-state index is 12.6. The van der Waals surface area contributed by atoms with Crippen LogP contribution in [0.4, 0.5) is 0 Å². The molecule has 0 aromatic carbocycles. The van der Waals surface area contributed by atoms with E-state index in [0.717, 1.165) is 11.5 Å². The Morgan fingerprint density at radius 3 is 3.05 bits per heavy atom. The second kappa shape index (κ2) is 6.86. The molecule has 7 nitrogen and oxygen atoms in total. The number of hydrogen-bond acceptors (Lipinski definition) is 7. The van der Waals surface area contributed by atoms with Gasteiger partial charge in [0.1, 0.15) is 0 Å². The fourth-order valence-corrected chi connectivity index (χ4v) is 4.60. The monoisotopic (exact) mass is 346 g/mol. The van der Waals surface area contributed by atoms with Gasteiger partial charge in [0.25, 0.3) is 10.0 Å². The Labute approximate surface area is 133 Å². The van der Waals surface area contributed by atoms with Gasteiger partial charge in [0.05, 0.1) is 19.8 Å². The van der Waals surface area contributed by atoms with Gasteiger partial charge in [0, 0.05) is 19.2 Å². The van der Waals surface area contributed by atoms with Crippen molar-refractivity contribution in [1.82, 2.24) is 8.68 Å². The topological polar surface area (TPSA) is 85.8 Å². The summed E-state index contributed by atoms with van der Waals surface area (Å²) in [6.07, 6.45) is 3.14. The van der Waals surface area contributed by atoms with Crippen molar-refractivity contribution in [3.63, 3.8) is 0 Å². The first kappa shape index (κ1) is 17.1. The molecule has 1 aliphatic rings. The average molecular weight is 346 g/mol. The molecule has 0 radical (unpaired) electrons. The number of morpholine rings is 1. The van der Waals surface area contributed by atoms with Gasteiger partial charge in [-0.3, -0.25) is 0 Å². The van der Waals surface area contributed by atoms with Crippen LogP contribution in [0.5, 0.6) is 0 Å². The zero-order chi connectivity index (χ0) is 16.2. The van der Waals surface area contributed by atoms with Crippen LogP contribution in [0.15, 0.2) is 29.1 Å². The molecule has 1 unspecified atom stereocenters. The number of aromatic nitrogens is 1. The second-order valence-corrected chi connectivity index (χ2v) is 7.72. The minimum Gasteiger partial charge on any atom is -0.464 e. The lowest BCUT2D eigenvalue weighted by Crippen LogP contribution is -2.58. The predicted molar refractivity (Wildman–Crippen MR) is 81.0 cm³/mol. The third kappa shape index (κ3) is 3.22. The van der Waals surface area contributed by atoms with Gasteiger partial charge in [-0.15, -0.1) is 6.58 Å². The first-order valence-corrected chi connectivity index (χ1v) is 9.00. The van der Waals surface area contributed by atoms with Crippen molar-refractivity contribution in [3.8, 4) is 0 Å². The molecule has 0 amide bonds. The summed E-state index contributed by atoms with van der Waals surface area (Å²) in [6, 6.07) is 1.44. The summed E-state index contributed by atoms with van der Waals surface area (Å²) in [5.41, 5.74) is -1.34.